The number of nitrogens with two attached hydrogens (primary N) is 1. The molecule has 0 aliphatic rings. The highest BCUT2D eigenvalue weighted by Crippen LogP contribution is 2.29. The summed E-state index contributed by atoms with van der Waals surface area (Å²) in [4.78, 5) is 11.8. The highest BCUT2D eigenvalue weighted by atomic mass is 16.2. The molecule has 5 nitrogen and oxygen atoms in total. The first-order valence-corrected chi connectivity index (χ1v) is 7.40. The Bertz CT molecular complexity index is 793. The molecule has 0 saturated heterocycles. The second-order valence-corrected chi connectivity index (χ2v) is 5.37. The lowest BCUT2D eigenvalue weighted by atomic mass is 9.96. The van der Waals surface area contributed by atoms with Gasteiger partial charge in [-0.1, -0.05) is 54.6 Å². The molecule has 116 valence electrons. The van der Waals surface area contributed by atoms with Crippen LogP contribution in [0.2, 0.25) is 0 Å². The number of nitrogens with zero attached hydrogens (tertiary/aromatic N) is 1. The summed E-state index contributed by atoms with van der Waals surface area (Å²) in [6, 6.07) is 18.3. The molecular formula is C18H18N4O. The fourth-order valence-corrected chi connectivity index (χ4v) is 2.58. The quantitative estimate of drug-likeness (QED) is 0.394. The van der Waals surface area contributed by atoms with Crippen LogP contribution in [-0.4, -0.2) is 16.1 Å². The molecule has 3 aromatic rings. The Hall–Kier alpha value is -2.92. The molecule has 1 amide bonds. The number of hydrazine groups is 1. The van der Waals surface area contributed by atoms with Crippen molar-refractivity contribution in [3.05, 3.63) is 66.4 Å². The number of H-pyrrole nitrogens is 1. The van der Waals surface area contributed by atoms with Crippen molar-refractivity contribution in [3.8, 4) is 22.4 Å². The minimum atomic E-state index is -0.373. The lowest BCUT2D eigenvalue weighted by Crippen LogP contribution is -2.33. The van der Waals surface area contributed by atoms with Gasteiger partial charge >= 0.3 is 0 Å². The zero-order chi connectivity index (χ0) is 16.2. The van der Waals surface area contributed by atoms with Crippen LogP contribution in [0.4, 0.5) is 0 Å². The standard InChI is InChI=1S/C18H18N4O/c1-12(18(23)21-19)16-11-20-22-17(16)15-9-7-14(8-10-15)13-5-3-2-4-6-13/h2-12H,19H2,1H3,(H,20,22)(H,21,23). The van der Waals surface area contributed by atoms with Crippen molar-refractivity contribution in [2.45, 2.75) is 12.8 Å². The summed E-state index contributed by atoms with van der Waals surface area (Å²) in [5, 5.41) is 7.04. The maximum absolute atomic E-state index is 11.8. The van der Waals surface area contributed by atoms with E-state index in [1.165, 1.54) is 5.56 Å². The Labute approximate surface area is 134 Å². The minimum absolute atomic E-state index is 0.242. The lowest BCUT2D eigenvalue weighted by molar-refractivity contribution is -0.122. The van der Waals surface area contributed by atoms with Crippen molar-refractivity contribution in [1.29, 1.82) is 0 Å². The van der Waals surface area contributed by atoms with Crippen molar-refractivity contribution in [3.63, 3.8) is 0 Å². The molecule has 0 radical (unpaired) electrons. The van der Waals surface area contributed by atoms with Crippen LogP contribution in [-0.2, 0) is 4.79 Å². The molecule has 2 aromatic carbocycles. The monoisotopic (exact) mass is 306 g/mol. The average molecular weight is 306 g/mol. The first-order valence-electron chi connectivity index (χ1n) is 7.40. The maximum Gasteiger partial charge on any atom is 0.241 e. The van der Waals surface area contributed by atoms with Crippen LogP contribution in [0.25, 0.3) is 22.4 Å². The Morgan fingerprint density at radius 1 is 1.04 bits per heavy atom. The van der Waals surface area contributed by atoms with E-state index in [0.717, 1.165) is 22.4 Å². The summed E-state index contributed by atoms with van der Waals surface area (Å²) < 4.78 is 0. The van der Waals surface area contributed by atoms with Gasteiger partial charge in [0.25, 0.3) is 0 Å². The Balaban J connectivity index is 1.92. The summed E-state index contributed by atoms with van der Waals surface area (Å²) in [6.45, 7) is 1.80. The third-order valence-corrected chi connectivity index (χ3v) is 3.95. The van der Waals surface area contributed by atoms with Gasteiger partial charge in [-0.05, 0) is 23.6 Å². The van der Waals surface area contributed by atoms with Gasteiger partial charge in [0.1, 0.15) is 0 Å². The van der Waals surface area contributed by atoms with E-state index in [2.05, 4.69) is 39.9 Å². The zero-order valence-electron chi connectivity index (χ0n) is 12.8. The number of nitrogens with one attached hydrogen (secondary N) is 2. The molecule has 0 aliphatic carbocycles. The first kappa shape index (κ1) is 15.0. The van der Waals surface area contributed by atoms with Gasteiger partial charge in [-0.15, -0.1) is 0 Å². The van der Waals surface area contributed by atoms with Gasteiger partial charge in [-0.3, -0.25) is 15.3 Å². The minimum Gasteiger partial charge on any atom is -0.294 e. The molecule has 3 rings (SSSR count). The van der Waals surface area contributed by atoms with Crippen LogP contribution in [0.1, 0.15) is 18.4 Å². The number of carbonyl (C=O) groups is 1. The first-order chi connectivity index (χ1) is 11.2. The number of amides is 1. The lowest BCUT2D eigenvalue weighted by Gasteiger charge is -2.10. The van der Waals surface area contributed by atoms with Gasteiger partial charge < -0.3 is 0 Å². The summed E-state index contributed by atoms with van der Waals surface area (Å²) in [7, 11) is 0. The SMILES string of the molecule is CC(C(=O)NN)c1cn[nH]c1-c1ccc(-c2ccccc2)cc1. The number of rotatable bonds is 4. The molecule has 0 saturated carbocycles. The van der Waals surface area contributed by atoms with Crippen LogP contribution >= 0.6 is 0 Å². The van der Waals surface area contributed by atoms with Gasteiger partial charge in [0.05, 0.1) is 17.8 Å². The van der Waals surface area contributed by atoms with Gasteiger partial charge in [0.15, 0.2) is 0 Å². The molecule has 0 aliphatic heterocycles. The summed E-state index contributed by atoms with van der Waals surface area (Å²) in [5.41, 5.74) is 7.12. The average Bonchev–Trinajstić information content (AvgIpc) is 3.11. The number of carbonyl (C=O) groups excluding carboxylic acids is 1. The maximum atomic E-state index is 11.8. The molecule has 0 bridgehead atoms. The van der Waals surface area contributed by atoms with Crippen molar-refractivity contribution >= 4 is 5.91 Å². The molecular weight excluding hydrogens is 288 g/mol. The topological polar surface area (TPSA) is 83.8 Å². The zero-order valence-corrected chi connectivity index (χ0v) is 12.8. The molecule has 0 spiro atoms. The second kappa shape index (κ2) is 6.46. The van der Waals surface area contributed by atoms with E-state index in [4.69, 9.17) is 5.84 Å². The van der Waals surface area contributed by atoms with E-state index in [1.807, 2.05) is 30.3 Å². The number of benzene rings is 2. The molecule has 1 heterocycles. The third kappa shape index (κ3) is 3.00. The van der Waals surface area contributed by atoms with E-state index in [0.29, 0.717) is 0 Å². The number of hydrogen-bond acceptors (Lipinski definition) is 3. The number of aromatic amines is 1. The molecule has 1 unspecified atom stereocenters. The summed E-state index contributed by atoms with van der Waals surface area (Å²) >= 11 is 0. The highest BCUT2D eigenvalue weighted by molar-refractivity contribution is 5.85. The van der Waals surface area contributed by atoms with Gasteiger partial charge in [-0.25, -0.2) is 5.84 Å². The number of aromatic nitrogens is 2. The fraction of sp³-hybridized carbons (Fsp3) is 0.111. The van der Waals surface area contributed by atoms with Crippen molar-refractivity contribution in [2.24, 2.45) is 5.84 Å². The largest absolute Gasteiger partial charge is 0.294 e. The van der Waals surface area contributed by atoms with E-state index in [9.17, 15) is 4.79 Å². The van der Waals surface area contributed by atoms with E-state index in [1.54, 1.807) is 13.1 Å². The molecule has 1 atom stereocenters. The van der Waals surface area contributed by atoms with Crippen molar-refractivity contribution in [2.75, 3.05) is 0 Å². The molecule has 4 N–H and O–H groups in total. The van der Waals surface area contributed by atoms with E-state index in [-0.39, 0.29) is 11.8 Å². The molecule has 5 heteroatoms. The highest BCUT2D eigenvalue weighted by Gasteiger charge is 2.20. The Kier molecular flexibility index (Phi) is 4.21. The third-order valence-electron chi connectivity index (χ3n) is 3.95. The van der Waals surface area contributed by atoms with E-state index >= 15 is 0 Å². The van der Waals surface area contributed by atoms with Crippen LogP contribution in [0.3, 0.4) is 0 Å². The summed E-state index contributed by atoms with van der Waals surface area (Å²) in [6.07, 6.45) is 1.67. The normalized spacial score (nSPS) is 11.9. The van der Waals surface area contributed by atoms with Gasteiger partial charge in [0.2, 0.25) is 5.91 Å². The van der Waals surface area contributed by atoms with Crippen molar-refractivity contribution < 1.29 is 4.79 Å². The summed E-state index contributed by atoms with van der Waals surface area (Å²) in [5.74, 6) is 4.61. The van der Waals surface area contributed by atoms with Crippen molar-refractivity contribution in [1.82, 2.24) is 15.6 Å². The van der Waals surface area contributed by atoms with E-state index < -0.39 is 0 Å². The number of hydrogen-bond donors (Lipinski definition) is 3. The van der Waals surface area contributed by atoms with Crippen LogP contribution < -0.4 is 11.3 Å². The predicted molar refractivity (Wildman–Crippen MR) is 90.2 cm³/mol. The molecule has 0 fully saturated rings. The molecule has 23 heavy (non-hydrogen) atoms. The predicted octanol–water partition coefficient (Wildman–Crippen LogP) is 2.84. The van der Waals surface area contributed by atoms with Gasteiger partial charge in [-0.2, -0.15) is 5.10 Å². The Morgan fingerprint density at radius 2 is 1.65 bits per heavy atom. The van der Waals surface area contributed by atoms with Gasteiger partial charge in [0, 0.05) is 5.56 Å². The molecule has 1 aromatic heterocycles. The van der Waals surface area contributed by atoms with Crippen LogP contribution in [0, 0.1) is 0 Å². The smallest absolute Gasteiger partial charge is 0.241 e. The second-order valence-electron chi connectivity index (χ2n) is 5.37. The van der Waals surface area contributed by atoms with Crippen LogP contribution in [0.15, 0.2) is 60.8 Å². The fourth-order valence-electron chi connectivity index (χ4n) is 2.58. The van der Waals surface area contributed by atoms with Crippen LogP contribution in [0.5, 0.6) is 0 Å². The Morgan fingerprint density at radius 3 is 2.30 bits per heavy atom.